The summed E-state index contributed by atoms with van der Waals surface area (Å²) >= 11 is 0. The lowest BCUT2D eigenvalue weighted by molar-refractivity contribution is 0.174. The van der Waals surface area contributed by atoms with E-state index in [0.717, 1.165) is 0 Å². The van der Waals surface area contributed by atoms with Crippen LogP contribution < -0.4 is 10.6 Å². The van der Waals surface area contributed by atoms with Crippen LogP contribution in [0.25, 0.3) is 0 Å². The van der Waals surface area contributed by atoms with Crippen molar-refractivity contribution in [2.24, 2.45) is 5.73 Å². The van der Waals surface area contributed by atoms with Crippen LogP contribution in [0.4, 0.5) is 5.69 Å². The lowest BCUT2D eigenvalue weighted by atomic mass is 9.97. The summed E-state index contributed by atoms with van der Waals surface area (Å²) in [5.41, 5.74) is 9.30. The molecule has 102 valence electrons. The Balaban J connectivity index is 2.93. The molecule has 0 saturated heterocycles. The third kappa shape index (κ3) is 3.72. The van der Waals surface area contributed by atoms with Gasteiger partial charge in [0, 0.05) is 19.3 Å². The first-order valence-corrected chi connectivity index (χ1v) is 6.66. The van der Waals surface area contributed by atoms with E-state index >= 15 is 0 Å². The standard InChI is InChI=1S/C15H26N2O/c1-11(2)14-7-5-6-12(3)15(14)17(4)10-13(18)8-9-16/h5-7,11,13,18H,8-10,16H2,1-4H3. The molecule has 3 heteroatoms. The Labute approximate surface area is 111 Å². The van der Waals surface area contributed by atoms with Crippen LogP contribution >= 0.6 is 0 Å². The van der Waals surface area contributed by atoms with E-state index in [1.807, 2.05) is 7.05 Å². The lowest BCUT2D eigenvalue weighted by Gasteiger charge is -2.28. The normalized spacial score (nSPS) is 12.8. The molecule has 0 radical (unpaired) electrons. The van der Waals surface area contributed by atoms with Gasteiger partial charge in [0.25, 0.3) is 0 Å². The molecule has 1 rings (SSSR count). The van der Waals surface area contributed by atoms with Crippen LogP contribution in [-0.4, -0.2) is 31.3 Å². The van der Waals surface area contributed by atoms with Gasteiger partial charge in [-0.1, -0.05) is 32.0 Å². The van der Waals surface area contributed by atoms with Gasteiger partial charge in [-0.25, -0.2) is 0 Å². The van der Waals surface area contributed by atoms with Gasteiger partial charge >= 0.3 is 0 Å². The summed E-state index contributed by atoms with van der Waals surface area (Å²) in [6, 6.07) is 6.38. The van der Waals surface area contributed by atoms with Crippen molar-refractivity contribution in [1.29, 1.82) is 0 Å². The van der Waals surface area contributed by atoms with Gasteiger partial charge < -0.3 is 15.7 Å². The maximum Gasteiger partial charge on any atom is 0.0726 e. The number of hydrogen-bond acceptors (Lipinski definition) is 3. The van der Waals surface area contributed by atoms with E-state index in [-0.39, 0.29) is 6.10 Å². The Bertz CT molecular complexity index is 377. The Morgan fingerprint density at radius 1 is 1.33 bits per heavy atom. The molecule has 0 fully saturated rings. The average molecular weight is 250 g/mol. The Morgan fingerprint density at radius 3 is 2.56 bits per heavy atom. The molecule has 3 nitrogen and oxygen atoms in total. The summed E-state index contributed by atoms with van der Waals surface area (Å²) in [7, 11) is 2.04. The SMILES string of the molecule is Cc1cccc(C(C)C)c1N(C)CC(O)CCN. The molecule has 0 heterocycles. The highest BCUT2D eigenvalue weighted by molar-refractivity contribution is 5.60. The monoisotopic (exact) mass is 250 g/mol. The first-order valence-electron chi connectivity index (χ1n) is 6.66. The van der Waals surface area contributed by atoms with Crippen LogP contribution in [0.2, 0.25) is 0 Å². The smallest absolute Gasteiger partial charge is 0.0726 e. The van der Waals surface area contributed by atoms with Gasteiger partial charge in [-0.05, 0) is 36.9 Å². The second-order valence-corrected chi connectivity index (χ2v) is 5.28. The van der Waals surface area contributed by atoms with Crippen molar-refractivity contribution in [3.63, 3.8) is 0 Å². The number of nitrogens with zero attached hydrogens (tertiary/aromatic N) is 1. The molecule has 1 atom stereocenters. The first-order chi connectivity index (χ1) is 8.47. The number of rotatable bonds is 6. The van der Waals surface area contributed by atoms with Gasteiger partial charge in [0.15, 0.2) is 0 Å². The molecule has 0 bridgehead atoms. The summed E-state index contributed by atoms with van der Waals surface area (Å²) in [5.74, 6) is 0.481. The lowest BCUT2D eigenvalue weighted by Crippen LogP contribution is -2.31. The molecular formula is C15H26N2O. The van der Waals surface area contributed by atoms with Gasteiger partial charge in [0.1, 0.15) is 0 Å². The number of aliphatic hydroxyl groups excluding tert-OH is 1. The van der Waals surface area contributed by atoms with Crippen LogP contribution in [-0.2, 0) is 0 Å². The number of likely N-dealkylation sites (N-methyl/N-ethyl adjacent to an activating group) is 1. The molecule has 1 unspecified atom stereocenters. The number of hydrogen-bond donors (Lipinski definition) is 2. The fourth-order valence-electron chi connectivity index (χ4n) is 2.36. The molecule has 0 aromatic heterocycles. The zero-order valence-electron chi connectivity index (χ0n) is 12.0. The minimum atomic E-state index is -0.361. The third-order valence-corrected chi connectivity index (χ3v) is 3.26. The van der Waals surface area contributed by atoms with E-state index in [4.69, 9.17) is 5.73 Å². The topological polar surface area (TPSA) is 49.5 Å². The molecule has 0 aliphatic heterocycles. The molecule has 0 spiro atoms. The highest BCUT2D eigenvalue weighted by Gasteiger charge is 2.15. The summed E-state index contributed by atoms with van der Waals surface area (Å²) in [6.45, 7) is 7.67. The minimum absolute atomic E-state index is 0.361. The average Bonchev–Trinajstić information content (AvgIpc) is 2.28. The van der Waals surface area contributed by atoms with E-state index in [1.165, 1.54) is 16.8 Å². The Morgan fingerprint density at radius 2 is 2.00 bits per heavy atom. The predicted molar refractivity (Wildman–Crippen MR) is 78.2 cm³/mol. The minimum Gasteiger partial charge on any atom is -0.391 e. The largest absolute Gasteiger partial charge is 0.391 e. The van der Waals surface area contributed by atoms with E-state index in [9.17, 15) is 5.11 Å². The maximum absolute atomic E-state index is 9.88. The Kier molecular flexibility index (Phi) is 5.63. The number of benzene rings is 1. The zero-order valence-corrected chi connectivity index (χ0v) is 12.0. The molecule has 0 aliphatic rings. The third-order valence-electron chi connectivity index (χ3n) is 3.26. The van der Waals surface area contributed by atoms with E-state index < -0.39 is 0 Å². The number of anilines is 1. The van der Waals surface area contributed by atoms with Crippen LogP contribution in [0.5, 0.6) is 0 Å². The first kappa shape index (κ1) is 15.0. The molecule has 1 aromatic rings. The van der Waals surface area contributed by atoms with E-state index in [1.54, 1.807) is 0 Å². The summed E-state index contributed by atoms with van der Waals surface area (Å²) in [5, 5.41) is 9.88. The second kappa shape index (κ2) is 6.76. The molecule has 1 aromatic carbocycles. The number of nitrogens with two attached hydrogens (primary N) is 1. The fourth-order valence-corrected chi connectivity index (χ4v) is 2.36. The van der Waals surface area contributed by atoms with Crippen LogP contribution in [0.15, 0.2) is 18.2 Å². The highest BCUT2D eigenvalue weighted by atomic mass is 16.3. The van der Waals surface area contributed by atoms with Crippen molar-refractivity contribution < 1.29 is 5.11 Å². The van der Waals surface area contributed by atoms with Crippen molar-refractivity contribution >= 4 is 5.69 Å². The summed E-state index contributed by atoms with van der Waals surface area (Å²) in [6.07, 6.45) is 0.285. The molecule has 0 saturated carbocycles. The zero-order chi connectivity index (χ0) is 13.7. The number of aliphatic hydroxyl groups is 1. The molecule has 18 heavy (non-hydrogen) atoms. The predicted octanol–water partition coefficient (Wildman–Crippen LogP) is 2.26. The van der Waals surface area contributed by atoms with Gasteiger partial charge in [0.2, 0.25) is 0 Å². The van der Waals surface area contributed by atoms with Crippen LogP contribution in [0, 0.1) is 6.92 Å². The molecule has 0 aliphatic carbocycles. The highest BCUT2D eigenvalue weighted by Crippen LogP contribution is 2.30. The van der Waals surface area contributed by atoms with E-state index in [0.29, 0.717) is 25.4 Å². The van der Waals surface area contributed by atoms with E-state index in [2.05, 4.69) is 43.9 Å². The molecule has 0 amide bonds. The molecule has 3 N–H and O–H groups in total. The van der Waals surface area contributed by atoms with Gasteiger partial charge in [0.05, 0.1) is 6.10 Å². The van der Waals surface area contributed by atoms with Gasteiger partial charge in [-0.2, -0.15) is 0 Å². The van der Waals surface area contributed by atoms with Crippen LogP contribution in [0.3, 0.4) is 0 Å². The quantitative estimate of drug-likeness (QED) is 0.814. The van der Waals surface area contributed by atoms with Gasteiger partial charge in [-0.15, -0.1) is 0 Å². The van der Waals surface area contributed by atoms with Crippen molar-refractivity contribution in [2.45, 2.75) is 39.2 Å². The van der Waals surface area contributed by atoms with Crippen molar-refractivity contribution in [3.05, 3.63) is 29.3 Å². The summed E-state index contributed by atoms with van der Waals surface area (Å²) < 4.78 is 0. The van der Waals surface area contributed by atoms with Crippen LogP contribution in [0.1, 0.15) is 37.3 Å². The van der Waals surface area contributed by atoms with Crippen molar-refractivity contribution in [3.8, 4) is 0 Å². The Hall–Kier alpha value is -1.06. The summed E-state index contributed by atoms with van der Waals surface area (Å²) in [4.78, 5) is 2.14. The second-order valence-electron chi connectivity index (χ2n) is 5.28. The number of aryl methyl sites for hydroxylation is 1. The van der Waals surface area contributed by atoms with Crippen molar-refractivity contribution in [1.82, 2.24) is 0 Å². The number of para-hydroxylation sites is 1. The maximum atomic E-state index is 9.88. The molecular weight excluding hydrogens is 224 g/mol. The van der Waals surface area contributed by atoms with Gasteiger partial charge in [-0.3, -0.25) is 0 Å². The van der Waals surface area contributed by atoms with Crippen molar-refractivity contribution in [2.75, 3.05) is 25.0 Å². The fraction of sp³-hybridized carbons (Fsp3) is 0.600.